The molecule has 0 aliphatic heterocycles. The highest BCUT2D eigenvalue weighted by Crippen LogP contribution is 2.33. The molecule has 3 rings (SSSR count). The molecule has 0 amide bonds. The maximum absolute atomic E-state index is 12.8. The average molecular weight is 482 g/mol. The molecule has 0 radical (unpaired) electrons. The second kappa shape index (κ2) is 9.64. The van der Waals surface area contributed by atoms with Gasteiger partial charge in [0.15, 0.2) is 0 Å². The van der Waals surface area contributed by atoms with E-state index in [9.17, 15) is 34.8 Å². The van der Waals surface area contributed by atoms with Crippen molar-refractivity contribution in [3.8, 4) is 34.5 Å². The van der Waals surface area contributed by atoms with Crippen LogP contribution in [0.1, 0.15) is 47.8 Å². The Kier molecular flexibility index (Phi) is 6.86. The summed E-state index contributed by atoms with van der Waals surface area (Å²) >= 11 is 0. The second-order valence-electron chi connectivity index (χ2n) is 7.69. The number of esters is 2. The van der Waals surface area contributed by atoms with E-state index in [1.54, 1.807) is 0 Å². The molecule has 0 heterocycles. The van der Waals surface area contributed by atoms with Crippen LogP contribution < -0.4 is 14.2 Å². The number of phenols is 3. The zero-order valence-electron chi connectivity index (χ0n) is 19.2. The van der Waals surface area contributed by atoms with Crippen molar-refractivity contribution >= 4 is 17.9 Å². The molecule has 0 aromatic heterocycles. The number of phenolic OH excluding ortho intramolecular Hbond substituents is 3. The molecule has 3 aromatic carbocycles. The number of hydrogen-bond donors (Lipinski definition) is 4. The maximum atomic E-state index is 12.8. The van der Waals surface area contributed by atoms with Crippen LogP contribution in [-0.4, -0.2) is 45.4 Å². The van der Waals surface area contributed by atoms with Crippen molar-refractivity contribution in [3.63, 3.8) is 0 Å². The molecule has 4 N–H and O–H groups in total. The molecule has 0 aliphatic rings. The first-order valence-corrected chi connectivity index (χ1v) is 10.1. The highest BCUT2D eigenvalue weighted by molar-refractivity contribution is 5.98. The number of carbonyl (C=O) groups is 3. The minimum absolute atomic E-state index is 0.00179. The first-order valence-electron chi connectivity index (χ1n) is 10.1. The highest BCUT2D eigenvalue weighted by Gasteiger charge is 2.23. The van der Waals surface area contributed by atoms with Gasteiger partial charge in [0.05, 0.1) is 7.11 Å². The van der Waals surface area contributed by atoms with Crippen LogP contribution >= 0.6 is 0 Å². The topological polar surface area (TPSA) is 160 Å². The van der Waals surface area contributed by atoms with E-state index in [-0.39, 0.29) is 50.8 Å². The van der Waals surface area contributed by atoms with Gasteiger partial charge >= 0.3 is 17.9 Å². The molecule has 35 heavy (non-hydrogen) atoms. The molecule has 0 spiro atoms. The normalized spacial score (nSPS) is 10.5. The minimum atomic E-state index is -1.20. The van der Waals surface area contributed by atoms with Gasteiger partial charge in [0, 0.05) is 18.2 Å². The van der Waals surface area contributed by atoms with Crippen molar-refractivity contribution in [2.45, 2.75) is 20.8 Å². The third-order valence-electron chi connectivity index (χ3n) is 5.12. The van der Waals surface area contributed by atoms with E-state index < -0.39 is 29.4 Å². The quantitative estimate of drug-likeness (QED) is 0.300. The first-order chi connectivity index (χ1) is 16.4. The van der Waals surface area contributed by atoms with E-state index in [0.29, 0.717) is 5.56 Å². The summed E-state index contributed by atoms with van der Waals surface area (Å²) in [5.41, 5.74) is 0.344. The average Bonchev–Trinajstić information content (AvgIpc) is 2.71. The van der Waals surface area contributed by atoms with Crippen molar-refractivity contribution in [3.05, 3.63) is 69.8 Å². The second-order valence-corrected chi connectivity index (χ2v) is 7.69. The molecule has 10 nitrogen and oxygen atoms in total. The monoisotopic (exact) mass is 482 g/mol. The summed E-state index contributed by atoms with van der Waals surface area (Å²) in [4.78, 5) is 36.7. The van der Waals surface area contributed by atoms with E-state index in [1.165, 1.54) is 52.1 Å². The standard InChI is InChI=1S/C25H22O10/c1-11-5-14(26)8-17(27)20(11)24(31)34-15-6-12(2)21(18(28)9-15)25(32)35-16-7-13(3)22(23(29)30)19(10-16)33-4/h5-10,26-28H,1-4H3,(H,29,30). The van der Waals surface area contributed by atoms with Gasteiger partial charge in [-0.1, -0.05) is 0 Å². The van der Waals surface area contributed by atoms with Gasteiger partial charge in [-0.15, -0.1) is 0 Å². The van der Waals surface area contributed by atoms with Crippen molar-refractivity contribution < 1.29 is 49.0 Å². The number of benzene rings is 3. The number of carboxylic acid groups (broad SMARTS) is 1. The van der Waals surface area contributed by atoms with Crippen LogP contribution in [0.3, 0.4) is 0 Å². The number of aromatic hydroxyl groups is 3. The predicted molar refractivity (Wildman–Crippen MR) is 122 cm³/mol. The lowest BCUT2D eigenvalue weighted by Gasteiger charge is -2.14. The van der Waals surface area contributed by atoms with E-state index in [1.807, 2.05) is 0 Å². The van der Waals surface area contributed by atoms with Crippen molar-refractivity contribution in [1.29, 1.82) is 0 Å². The number of carbonyl (C=O) groups excluding carboxylic acids is 2. The van der Waals surface area contributed by atoms with E-state index in [0.717, 1.165) is 12.1 Å². The Bertz CT molecular complexity index is 1310. The maximum Gasteiger partial charge on any atom is 0.347 e. The summed E-state index contributed by atoms with van der Waals surface area (Å²) in [6.45, 7) is 4.50. The smallest absolute Gasteiger partial charge is 0.347 e. The van der Waals surface area contributed by atoms with Crippen molar-refractivity contribution in [2.75, 3.05) is 7.11 Å². The number of aryl methyl sites for hydroxylation is 3. The number of methoxy groups -OCH3 is 1. The summed E-state index contributed by atoms with van der Waals surface area (Å²) < 4.78 is 15.6. The third kappa shape index (κ3) is 5.11. The van der Waals surface area contributed by atoms with Crippen LogP contribution in [0.4, 0.5) is 0 Å². The van der Waals surface area contributed by atoms with Gasteiger partial charge in [-0.25, -0.2) is 14.4 Å². The Labute approximate surface area is 199 Å². The number of ether oxygens (including phenoxy) is 3. The van der Waals surface area contributed by atoms with Crippen LogP contribution in [0.5, 0.6) is 34.5 Å². The molecule has 0 saturated carbocycles. The van der Waals surface area contributed by atoms with Gasteiger partial charge in [-0.2, -0.15) is 0 Å². The molecule has 3 aromatic rings. The van der Waals surface area contributed by atoms with Gasteiger partial charge in [-0.3, -0.25) is 0 Å². The lowest BCUT2D eigenvalue weighted by molar-refractivity contribution is 0.0689. The first kappa shape index (κ1) is 24.9. The molecule has 0 aliphatic carbocycles. The Balaban J connectivity index is 1.87. The third-order valence-corrected chi connectivity index (χ3v) is 5.12. The lowest BCUT2D eigenvalue weighted by atomic mass is 10.1. The van der Waals surface area contributed by atoms with Gasteiger partial charge < -0.3 is 34.6 Å². The number of aromatic carboxylic acids is 1. The predicted octanol–water partition coefficient (Wildman–Crippen LogP) is 3.87. The number of hydrogen-bond acceptors (Lipinski definition) is 9. The Morgan fingerprint density at radius 2 is 1.11 bits per heavy atom. The van der Waals surface area contributed by atoms with Gasteiger partial charge in [0.2, 0.25) is 0 Å². The summed E-state index contributed by atoms with van der Waals surface area (Å²) in [6, 6.07) is 7.21. The molecule has 10 heteroatoms. The van der Waals surface area contributed by atoms with Crippen molar-refractivity contribution in [1.82, 2.24) is 0 Å². The molecular weight excluding hydrogens is 460 g/mol. The van der Waals surface area contributed by atoms with E-state index in [4.69, 9.17) is 14.2 Å². The summed E-state index contributed by atoms with van der Waals surface area (Å²) in [6.07, 6.45) is 0. The van der Waals surface area contributed by atoms with Crippen LogP contribution in [0, 0.1) is 20.8 Å². The molecule has 0 bridgehead atoms. The van der Waals surface area contributed by atoms with Crippen molar-refractivity contribution in [2.24, 2.45) is 0 Å². The van der Waals surface area contributed by atoms with E-state index in [2.05, 4.69) is 0 Å². The fraction of sp³-hybridized carbons (Fsp3) is 0.160. The van der Waals surface area contributed by atoms with Crippen LogP contribution in [0.2, 0.25) is 0 Å². The Morgan fingerprint density at radius 1 is 0.657 bits per heavy atom. The summed E-state index contributed by atoms with van der Waals surface area (Å²) in [5.74, 6) is -4.41. The number of carboxylic acids is 1. The SMILES string of the molecule is COc1cc(OC(=O)c2c(C)cc(OC(=O)c3c(C)cc(O)cc3O)cc2O)cc(C)c1C(=O)O. The minimum Gasteiger partial charge on any atom is -0.508 e. The van der Waals surface area contributed by atoms with Gasteiger partial charge in [-0.05, 0) is 55.7 Å². The molecule has 182 valence electrons. The van der Waals surface area contributed by atoms with E-state index >= 15 is 0 Å². The molecular formula is C25H22O10. The van der Waals surface area contributed by atoms with Crippen LogP contribution in [-0.2, 0) is 0 Å². The van der Waals surface area contributed by atoms with Crippen LogP contribution in [0.25, 0.3) is 0 Å². The van der Waals surface area contributed by atoms with Gasteiger partial charge in [0.25, 0.3) is 0 Å². The van der Waals surface area contributed by atoms with Crippen LogP contribution in [0.15, 0.2) is 36.4 Å². The molecule has 0 fully saturated rings. The largest absolute Gasteiger partial charge is 0.508 e. The summed E-state index contributed by atoms with van der Waals surface area (Å²) in [7, 11) is 1.28. The molecule has 0 atom stereocenters. The zero-order chi connectivity index (χ0) is 26.0. The highest BCUT2D eigenvalue weighted by atomic mass is 16.5. The zero-order valence-corrected chi connectivity index (χ0v) is 19.2. The van der Waals surface area contributed by atoms with Gasteiger partial charge in [0.1, 0.15) is 51.2 Å². The number of rotatable bonds is 6. The molecule has 0 unspecified atom stereocenters. The Hall–Kier alpha value is -4.73. The summed E-state index contributed by atoms with van der Waals surface area (Å²) in [5, 5.41) is 39.3. The lowest BCUT2D eigenvalue weighted by Crippen LogP contribution is -2.13. The molecule has 0 saturated heterocycles. The fourth-order valence-electron chi connectivity index (χ4n) is 3.61. The fourth-order valence-corrected chi connectivity index (χ4v) is 3.61. The Morgan fingerprint density at radius 3 is 1.57 bits per heavy atom.